The number of nitrogens with one attached hydrogen (secondary N) is 1. The number of fused-ring (bicyclic) bond motifs is 3. The highest BCUT2D eigenvalue weighted by Gasteiger charge is 2.39. The van der Waals surface area contributed by atoms with E-state index >= 15 is 0 Å². The molecule has 0 amide bonds. The molecule has 1 aromatic carbocycles. The number of benzene rings is 1. The highest BCUT2D eigenvalue weighted by Crippen LogP contribution is 2.48. The third-order valence-corrected chi connectivity index (χ3v) is 4.22. The van der Waals surface area contributed by atoms with Crippen LogP contribution in [0.3, 0.4) is 0 Å². The smallest absolute Gasteiger partial charge is 0.162 e. The molecule has 4 nitrogen and oxygen atoms in total. The molecule has 0 spiro atoms. The largest absolute Gasteiger partial charge is 0.369 e. The first-order valence-corrected chi connectivity index (χ1v) is 7.02. The summed E-state index contributed by atoms with van der Waals surface area (Å²) in [6.07, 6.45) is 2.36. The van der Waals surface area contributed by atoms with Crippen LogP contribution < -0.4 is 5.32 Å². The van der Waals surface area contributed by atoms with Gasteiger partial charge >= 0.3 is 0 Å². The summed E-state index contributed by atoms with van der Waals surface area (Å²) in [6, 6.07) is 3.48. The molecule has 1 aromatic heterocycles. The molecule has 0 radical (unpaired) electrons. The van der Waals surface area contributed by atoms with Gasteiger partial charge in [0.2, 0.25) is 0 Å². The van der Waals surface area contributed by atoms with Crippen LogP contribution in [-0.4, -0.2) is 14.8 Å². The van der Waals surface area contributed by atoms with Gasteiger partial charge in [-0.15, -0.1) is 10.2 Å². The van der Waals surface area contributed by atoms with Gasteiger partial charge in [-0.3, -0.25) is 4.57 Å². The standard InChI is InChI=1S/C15H17FN4/c1-8-18-19-14-15(2,3)17-12-11(16)7-6-10(9-4-5-9)13(12)20(8)14/h6-7,9,17H,4-5H2,1-3H3. The number of aromatic nitrogens is 3. The lowest BCUT2D eigenvalue weighted by molar-refractivity contribution is 0.521. The van der Waals surface area contributed by atoms with Crippen LogP contribution in [0, 0.1) is 12.7 Å². The monoisotopic (exact) mass is 272 g/mol. The predicted molar refractivity (Wildman–Crippen MR) is 74.7 cm³/mol. The molecule has 0 unspecified atom stereocenters. The second-order valence-electron chi connectivity index (χ2n) is 6.29. The van der Waals surface area contributed by atoms with Gasteiger partial charge < -0.3 is 5.32 Å². The zero-order valence-corrected chi connectivity index (χ0v) is 11.9. The molecule has 5 heteroatoms. The van der Waals surface area contributed by atoms with Crippen molar-refractivity contribution in [1.29, 1.82) is 0 Å². The molecule has 0 bridgehead atoms. The topological polar surface area (TPSA) is 42.7 Å². The molecular weight excluding hydrogens is 255 g/mol. The van der Waals surface area contributed by atoms with Crippen LogP contribution in [0.4, 0.5) is 10.1 Å². The fraction of sp³-hybridized carbons (Fsp3) is 0.467. The van der Waals surface area contributed by atoms with Crippen molar-refractivity contribution in [2.75, 3.05) is 5.32 Å². The summed E-state index contributed by atoms with van der Waals surface area (Å²) in [4.78, 5) is 0. The highest BCUT2D eigenvalue weighted by molar-refractivity contribution is 5.71. The first-order chi connectivity index (χ1) is 9.49. The third-order valence-electron chi connectivity index (χ3n) is 4.22. The third kappa shape index (κ3) is 1.46. The second kappa shape index (κ2) is 3.59. The van der Waals surface area contributed by atoms with E-state index in [0.29, 0.717) is 11.6 Å². The maximum Gasteiger partial charge on any atom is 0.162 e. The lowest BCUT2D eigenvalue weighted by atomic mass is 9.96. The summed E-state index contributed by atoms with van der Waals surface area (Å²) in [5.74, 6) is 1.98. The normalized spacial score (nSPS) is 19.2. The van der Waals surface area contributed by atoms with Crippen molar-refractivity contribution in [3.05, 3.63) is 35.2 Å². The Morgan fingerprint density at radius 3 is 2.75 bits per heavy atom. The minimum atomic E-state index is -0.433. The van der Waals surface area contributed by atoms with Gasteiger partial charge in [0.1, 0.15) is 11.6 Å². The average molecular weight is 272 g/mol. The summed E-state index contributed by atoms with van der Waals surface area (Å²) in [7, 11) is 0. The molecule has 1 fully saturated rings. The van der Waals surface area contributed by atoms with Gasteiger partial charge in [0.25, 0.3) is 0 Å². The fourth-order valence-corrected chi connectivity index (χ4v) is 3.07. The number of nitrogens with zero attached hydrogens (tertiary/aromatic N) is 3. The lowest BCUT2D eigenvalue weighted by Gasteiger charge is -2.35. The first kappa shape index (κ1) is 11.9. The Balaban J connectivity index is 2.08. The fourth-order valence-electron chi connectivity index (χ4n) is 3.07. The molecule has 1 saturated carbocycles. The molecule has 104 valence electrons. The summed E-state index contributed by atoms with van der Waals surface area (Å²) in [5, 5.41) is 11.8. The Morgan fingerprint density at radius 1 is 1.30 bits per heavy atom. The Hall–Kier alpha value is -1.91. The zero-order chi connectivity index (χ0) is 14.1. The molecule has 20 heavy (non-hydrogen) atoms. The Bertz CT molecular complexity index is 713. The SMILES string of the molecule is Cc1nnc2n1-c1c(C3CC3)ccc(F)c1NC2(C)C. The van der Waals surface area contributed by atoms with E-state index in [1.807, 2.05) is 31.4 Å². The summed E-state index contributed by atoms with van der Waals surface area (Å²) in [5.41, 5.74) is 2.25. The maximum absolute atomic E-state index is 14.3. The Labute approximate surface area is 117 Å². The van der Waals surface area contributed by atoms with E-state index in [4.69, 9.17) is 0 Å². The van der Waals surface area contributed by atoms with Crippen molar-refractivity contribution in [1.82, 2.24) is 14.8 Å². The predicted octanol–water partition coefficient (Wildman–Crippen LogP) is 3.25. The Kier molecular flexibility index (Phi) is 2.13. The van der Waals surface area contributed by atoms with Crippen LogP contribution >= 0.6 is 0 Å². The molecule has 4 rings (SSSR count). The van der Waals surface area contributed by atoms with Crippen LogP contribution in [0.2, 0.25) is 0 Å². The first-order valence-electron chi connectivity index (χ1n) is 7.02. The lowest BCUT2D eigenvalue weighted by Crippen LogP contribution is -2.37. The van der Waals surface area contributed by atoms with Crippen molar-refractivity contribution < 1.29 is 4.39 Å². The molecule has 0 atom stereocenters. The molecule has 2 aliphatic rings. The van der Waals surface area contributed by atoms with Crippen LogP contribution in [-0.2, 0) is 5.54 Å². The maximum atomic E-state index is 14.3. The second-order valence-corrected chi connectivity index (χ2v) is 6.29. The number of aryl methyl sites for hydroxylation is 1. The van der Waals surface area contributed by atoms with Crippen molar-refractivity contribution in [3.8, 4) is 5.69 Å². The van der Waals surface area contributed by atoms with E-state index in [1.54, 1.807) is 6.07 Å². The number of hydrogen-bond donors (Lipinski definition) is 1. The van der Waals surface area contributed by atoms with Gasteiger partial charge in [0, 0.05) is 0 Å². The summed E-state index contributed by atoms with van der Waals surface area (Å²) in [6.45, 7) is 5.92. The summed E-state index contributed by atoms with van der Waals surface area (Å²) >= 11 is 0. The van der Waals surface area contributed by atoms with Gasteiger partial charge in [-0.05, 0) is 51.2 Å². The molecule has 1 N–H and O–H groups in total. The molecular formula is C15H17FN4. The van der Waals surface area contributed by atoms with E-state index in [0.717, 1.165) is 17.3 Å². The van der Waals surface area contributed by atoms with Gasteiger partial charge in [0.15, 0.2) is 5.82 Å². The number of anilines is 1. The van der Waals surface area contributed by atoms with Gasteiger partial charge in [-0.1, -0.05) is 6.07 Å². The molecule has 2 aromatic rings. The molecule has 1 aliphatic heterocycles. The van der Waals surface area contributed by atoms with Gasteiger partial charge in [-0.25, -0.2) is 4.39 Å². The van der Waals surface area contributed by atoms with Crippen LogP contribution in [0.1, 0.15) is 49.8 Å². The van der Waals surface area contributed by atoms with Gasteiger partial charge in [0.05, 0.1) is 16.9 Å². The number of hydrogen-bond acceptors (Lipinski definition) is 3. The zero-order valence-electron chi connectivity index (χ0n) is 11.9. The van der Waals surface area contributed by atoms with E-state index in [1.165, 1.54) is 18.4 Å². The van der Waals surface area contributed by atoms with E-state index in [-0.39, 0.29) is 5.82 Å². The average Bonchev–Trinajstić information content (AvgIpc) is 3.14. The van der Waals surface area contributed by atoms with Crippen molar-refractivity contribution in [3.63, 3.8) is 0 Å². The van der Waals surface area contributed by atoms with Crippen LogP contribution in [0.15, 0.2) is 12.1 Å². The van der Waals surface area contributed by atoms with Crippen LogP contribution in [0.25, 0.3) is 5.69 Å². The van der Waals surface area contributed by atoms with Crippen molar-refractivity contribution in [2.24, 2.45) is 0 Å². The van der Waals surface area contributed by atoms with E-state index in [2.05, 4.69) is 15.5 Å². The minimum absolute atomic E-state index is 0.212. The highest BCUT2D eigenvalue weighted by atomic mass is 19.1. The van der Waals surface area contributed by atoms with E-state index < -0.39 is 5.54 Å². The van der Waals surface area contributed by atoms with Gasteiger partial charge in [-0.2, -0.15) is 0 Å². The van der Waals surface area contributed by atoms with E-state index in [9.17, 15) is 4.39 Å². The Morgan fingerprint density at radius 2 is 2.05 bits per heavy atom. The molecule has 0 saturated heterocycles. The molecule has 1 aliphatic carbocycles. The summed E-state index contributed by atoms with van der Waals surface area (Å²) < 4.78 is 16.3. The molecule has 2 heterocycles. The van der Waals surface area contributed by atoms with Crippen molar-refractivity contribution >= 4 is 5.69 Å². The quantitative estimate of drug-likeness (QED) is 0.866. The van der Waals surface area contributed by atoms with Crippen molar-refractivity contribution in [2.45, 2.75) is 45.1 Å². The van der Waals surface area contributed by atoms with Crippen LogP contribution in [0.5, 0.6) is 0 Å². The number of rotatable bonds is 1. The minimum Gasteiger partial charge on any atom is -0.369 e. The number of halogens is 1.